The molecule has 126 valence electrons. The zero-order valence-corrected chi connectivity index (χ0v) is 14.6. The fourth-order valence-electron chi connectivity index (χ4n) is 2.09. The molecule has 1 aromatic heterocycles. The number of benzene rings is 1. The van der Waals surface area contributed by atoms with E-state index in [2.05, 4.69) is 27.2 Å². The van der Waals surface area contributed by atoms with Crippen LogP contribution in [0.15, 0.2) is 48.8 Å². The first-order valence-electron chi connectivity index (χ1n) is 7.75. The monoisotopic (exact) mass is 344 g/mol. The Morgan fingerprint density at radius 1 is 1.25 bits per heavy atom. The Labute approximate surface area is 147 Å². The van der Waals surface area contributed by atoms with Crippen molar-refractivity contribution >= 4 is 29.0 Å². The maximum absolute atomic E-state index is 12.2. The number of anilines is 2. The largest absolute Gasteiger partial charge is 0.344 e. The van der Waals surface area contributed by atoms with Gasteiger partial charge in [-0.2, -0.15) is 0 Å². The number of amides is 1. The number of allylic oxidation sites excluding steroid dienone is 1. The number of halogens is 1. The lowest BCUT2D eigenvalue weighted by Crippen LogP contribution is -2.20. The molecule has 1 atom stereocenters. The molecular weight excluding hydrogens is 324 g/mol. The third kappa shape index (κ3) is 5.66. The van der Waals surface area contributed by atoms with E-state index in [0.717, 1.165) is 11.4 Å². The Balaban J connectivity index is 1.79. The van der Waals surface area contributed by atoms with Crippen LogP contribution in [0.25, 0.3) is 0 Å². The van der Waals surface area contributed by atoms with E-state index in [0.29, 0.717) is 29.5 Å². The number of hydrogen-bond acceptors (Lipinski definition) is 4. The van der Waals surface area contributed by atoms with Crippen molar-refractivity contribution in [3.05, 3.63) is 59.7 Å². The standard InChI is InChI=1S/C18H21ClN4O/c1-12(18(24)23-16-8-6-15(19)7-9-16)4-5-13(2)21-17-10-11-20-14(3)22-17/h6-12H,2,4-5H2,1,3H3,(H,23,24)(H,20,21,22)/t12-/m0/s1. The van der Waals surface area contributed by atoms with Crippen molar-refractivity contribution < 1.29 is 4.79 Å². The smallest absolute Gasteiger partial charge is 0.227 e. The summed E-state index contributed by atoms with van der Waals surface area (Å²) in [5, 5.41) is 6.66. The first kappa shape index (κ1) is 17.9. The van der Waals surface area contributed by atoms with Gasteiger partial charge in [0, 0.05) is 28.5 Å². The molecule has 2 aromatic rings. The summed E-state index contributed by atoms with van der Waals surface area (Å²) in [5.74, 6) is 1.25. The first-order valence-corrected chi connectivity index (χ1v) is 8.12. The molecule has 1 aromatic carbocycles. The number of aryl methyl sites for hydroxylation is 1. The van der Waals surface area contributed by atoms with Crippen molar-refractivity contribution in [1.29, 1.82) is 0 Å². The van der Waals surface area contributed by atoms with E-state index in [1.807, 2.05) is 13.8 Å². The van der Waals surface area contributed by atoms with Gasteiger partial charge in [0.05, 0.1) is 0 Å². The maximum Gasteiger partial charge on any atom is 0.227 e. The highest BCUT2D eigenvalue weighted by Crippen LogP contribution is 2.17. The highest BCUT2D eigenvalue weighted by molar-refractivity contribution is 6.30. The predicted octanol–water partition coefficient (Wildman–Crippen LogP) is 4.42. The van der Waals surface area contributed by atoms with Gasteiger partial charge in [0.15, 0.2) is 0 Å². The fourth-order valence-corrected chi connectivity index (χ4v) is 2.22. The molecule has 0 aliphatic carbocycles. The second-order valence-corrected chi connectivity index (χ2v) is 6.09. The number of carbonyl (C=O) groups is 1. The molecule has 6 heteroatoms. The molecule has 0 unspecified atom stereocenters. The molecule has 0 saturated heterocycles. The van der Waals surface area contributed by atoms with E-state index in [4.69, 9.17) is 11.6 Å². The average molecular weight is 345 g/mol. The van der Waals surface area contributed by atoms with E-state index >= 15 is 0 Å². The average Bonchev–Trinajstić information content (AvgIpc) is 2.54. The summed E-state index contributed by atoms with van der Waals surface area (Å²) < 4.78 is 0. The van der Waals surface area contributed by atoms with Crippen LogP contribution in [-0.4, -0.2) is 15.9 Å². The maximum atomic E-state index is 12.2. The van der Waals surface area contributed by atoms with Gasteiger partial charge < -0.3 is 10.6 Å². The summed E-state index contributed by atoms with van der Waals surface area (Å²) in [4.78, 5) is 20.5. The van der Waals surface area contributed by atoms with E-state index in [1.54, 1.807) is 36.5 Å². The van der Waals surface area contributed by atoms with Crippen LogP contribution in [0.3, 0.4) is 0 Å². The molecule has 5 nitrogen and oxygen atoms in total. The zero-order valence-electron chi connectivity index (χ0n) is 13.8. The minimum Gasteiger partial charge on any atom is -0.344 e. The summed E-state index contributed by atoms with van der Waals surface area (Å²) in [6.45, 7) is 7.71. The normalized spacial score (nSPS) is 11.6. The fraction of sp³-hybridized carbons (Fsp3) is 0.278. The van der Waals surface area contributed by atoms with Crippen LogP contribution in [0, 0.1) is 12.8 Å². The summed E-state index contributed by atoms with van der Waals surface area (Å²) in [6.07, 6.45) is 3.06. The Morgan fingerprint density at radius 3 is 2.62 bits per heavy atom. The topological polar surface area (TPSA) is 66.9 Å². The Morgan fingerprint density at radius 2 is 1.96 bits per heavy atom. The van der Waals surface area contributed by atoms with Crippen LogP contribution in [0.4, 0.5) is 11.5 Å². The van der Waals surface area contributed by atoms with Crippen LogP contribution < -0.4 is 10.6 Å². The van der Waals surface area contributed by atoms with Crippen LogP contribution >= 0.6 is 11.6 Å². The number of nitrogens with one attached hydrogen (secondary N) is 2. The lowest BCUT2D eigenvalue weighted by Gasteiger charge is -2.14. The SMILES string of the molecule is C=C(CC[C@H](C)C(=O)Nc1ccc(Cl)cc1)Nc1ccnc(C)n1. The van der Waals surface area contributed by atoms with E-state index in [9.17, 15) is 4.79 Å². The Bertz CT molecular complexity index is 715. The van der Waals surface area contributed by atoms with Crippen molar-refractivity contribution in [2.45, 2.75) is 26.7 Å². The molecule has 0 aliphatic rings. The molecule has 0 radical (unpaired) electrons. The lowest BCUT2D eigenvalue weighted by molar-refractivity contribution is -0.119. The van der Waals surface area contributed by atoms with Crippen LogP contribution in [-0.2, 0) is 4.79 Å². The van der Waals surface area contributed by atoms with E-state index in [-0.39, 0.29) is 11.8 Å². The molecule has 0 fully saturated rings. The minimum absolute atomic E-state index is 0.0250. The number of carbonyl (C=O) groups excluding carboxylic acids is 1. The van der Waals surface area contributed by atoms with Gasteiger partial charge in [-0.15, -0.1) is 0 Å². The van der Waals surface area contributed by atoms with Gasteiger partial charge in [0.2, 0.25) is 5.91 Å². The third-order valence-corrected chi connectivity index (χ3v) is 3.77. The summed E-state index contributed by atoms with van der Waals surface area (Å²) >= 11 is 5.83. The molecule has 0 spiro atoms. The van der Waals surface area contributed by atoms with Crippen molar-refractivity contribution in [1.82, 2.24) is 9.97 Å². The predicted molar refractivity (Wildman–Crippen MR) is 98.0 cm³/mol. The van der Waals surface area contributed by atoms with Crippen molar-refractivity contribution in [2.75, 3.05) is 10.6 Å². The highest BCUT2D eigenvalue weighted by Gasteiger charge is 2.13. The third-order valence-electron chi connectivity index (χ3n) is 3.52. The highest BCUT2D eigenvalue weighted by atomic mass is 35.5. The summed E-state index contributed by atoms with van der Waals surface area (Å²) in [6, 6.07) is 8.85. The van der Waals surface area contributed by atoms with Gasteiger partial charge in [-0.05, 0) is 50.1 Å². The van der Waals surface area contributed by atoms with Gasteiger partial charge >= 0.3 is 0 Å². The number of aromatic nitrogens is 2. The Kier molecular flexibility index (Phi) is 6.32. The van der Waals surface area contributed by atoms with Gasteiger partial charge in [0.1, 0.15) is 11.6 Å². The van der Waals surface area contributed by atoms with E-state index in [1.165, 1.54) is 0 Å². The Hall–Kier alpha value is -2.40. The molecular formula is C18H21ClN4O. The van der Waals surface area contributed by atoms with Crippen molar-refractivity contribution in [3.63, 3.8) is 0 Å². The summed E-state index contributed by atoms with van der Waals surface area (Å²) in [5.41, 5.74) is 1.56. The number of rotatable bonds is 7. The van der Waals surface area contributed by atoms with Gasteiger partial charge in [-0.3, -0.25) is 4.79 Å². The van der Waals surface area contributed by atoms with Crippen LogP contribution in [0.2, 0.25) is 5.02 Å². The molecule has 1 heterocycles. The molecule has 0 bridgehead atoms. The molecule has 2 rings (SSSR count). The molecule has 0 aliphatic heterocycles. The lowest BCUT2D eigenvalue weighted by atomic mass is 10.0. The first-order chi connectivity index (χ1) is 11.4. The number of nitrogens with zero attached hydrogens (tertiary/aromatic N) is 2. The van der Waals surface area contributed by atoms with E-state index < -0.39 is 0 Å². The van der Waals surface area contributed by atoms with Gasteiger partial charge in [-0.25, -0.2) is 9.97 Å². The van der Waals surface area contributed by atoms with Crippen molar-refractivity contribution in [2.24, 2.45) is 5.92 Å². The van der Waals surface area contributed by atoms with Crippen LogP contribution in [0.5, 0.6) is 0 Å². The molecule has 0 saturated carbocycles. The van der Waals surface area contributed by atoms with Crippen LogP contribution in [0.1, 0.15) is 25.6 Å². The quantitative estimate of drug-likeness (QED) is 0.780. The molecule has 1 amide bonds. The molecule has 24 heavy (non-hydrogen) atoms. The molecule has 2 N–H and O–H groups in total. The van der Waals surface area contributed by atoms with Gasteiger partial charge in [0.25, 0.3) is 0 Å². The van der Waals surface area contributed by atoms with Crippen molar-refractivity contribution in [3.8, 4) is 0 Å². The second-order valence-electron chi connectivity index (χ2n) is 5.65. The van der Waals surface area contributed by atoms with Gasteiger partial charge in [-0.1, -0.05) is 25.1 Å². The second kappa shape index (κ2) is 8.45. The zero-order chi connectivity index (χ0) is 17.5. The summed E-state index contributed by atoms with van der Waals surface area (Å²) in [7, 11) is 0. The number of hydrogen-bond donors (Lipinski definition) is 2. The minimum atomic E-state index is -0.133.